The van der Waals surface area contributed by atoms with Crippen molar-refractivity contribution >= 4 is 5.97 Å². The van der Waals surface area contributed by atoms with Gasteiger partial charge in [-0.15, -0.1) is 0 Å². The molecular weight excluding hydrogens is 184 g/mol. The van der Waals surface area contributed by atoms with Crippen LogP contribution < -0.4 is 0 Å². The van der Waals surface area contributed by atoms with E-state index in [0.29, 0.717) is 5.69 Å². The predicted molar refractivity (Wildman–Crippen MR) is 46.1 cm³/mol. The maximum absolute atomic E-state index is 10.5. The Morgan fingerprint density at radius 3 is 2.50 bits per heavy atom. The summed E-state index contributed by atoms with van der Waals surface area (Å²) in [6.07, 6.45) is 4.47. The first-order valence-electron chi connectivity index (χ1n) is 3.83. The number of rotatable bonds is 2. The molecule has 0 saturated heterocycles. The molecule has 0 spiro atoms. The van der Waals surface area contributed by atoms with Gasteiger partial charge in [-0.1, -0.05) is 0 Å². The zero-order valence-corrected chi connectivity index (χ0v) is 7.03. The van der Waals surface area contributed by atoms with Crippen molar-refractivity contribution in [2.24, 2.45) is 0 Å². The lowest BCUT2D eigenvalue weighted by atomic mass is 10.3. The quantitative estimate of drug-likeness (QED) is 0.739. The second-order valence-electron chi connectivity index (χ2n) is 2.53. The molecule has 0 unspecified atom stereocenters. The van der Waals surface area contributed by atoms with Gasteiger partial charge in [0, 0.05) is 0 Å². The number of nitrogens with zero attached hydrogens (tertiary/aromatic N) is 4. The van der Waals surface area contributed by atoms with Gasteiger partial charge in [0.15, 0.2) is 0 Å². The van der Waals surface area contributed by atoms with E-state index in [1.165, 1.54) is 29.5 Å². The van der Waals surface area contributed by atoms with E-state index in [1.807, 2.05) is 0 Å². The summed E-state index contributed by atoms with van der Waals surface area (Å²) < 4.78 is 0. The molecule has 2 aromatic rings. The highest BCUT2D eigenvalue weighted by molar-refractivity contribution is 5.85. The van der Waals surface area contributed by atoms with Crippen molar-refractivity contribution in [1.82, 2.24) is 20.0 Å². The Kier molecular flexibility index (Phi) is 1.94. The average molecular weight is 190 g/mol. The van der Waals surface area contributed by atoms with Crippen molar-refractivity contribution in [3.05, 3.63) is 36.4 Å². The van der Waals surface area contributed by atoms with Crippen LogP contribution in [0.15, 0.2) is 30.7 Å². The maximum Gasteiger partial charge on any atom is 0.354 e. The largest absolute Gasteiger partial charge is 0.477 e. The highest BCUT2D eigenvalue weighted by atomic mass is 16.4. The van der Waals surface area contributed by atoms with Crippen LogP contribution in [0.25, 0.3) is 5.69 Å². The van der Waals surface area contributed by atoms with E-state index < -0.39 is 5.97 Å². The summed E-state index contributed by atoms with van der Waals surface area (Å²) in [5.74, 6) is -1.05. The fourth-order valence-corrected chi connectivity index (χ4v) is 0.980. The third-order valence-electron chi connectivity index (χ3n) is 1.62. The van der Waals surface area contributed by atoms with Gasteiger partial charge in [0.25, 0.3) is 0 Å². The summed E-state index contributed by atoms with van der Waals surface area (Å²) in [4.78, 5) is 15.6. The van der Waals surface area contributed by atoms with Crippen LogP contribution in [0.3, 0.4) is 0 Å². The van der Waals surface area contributed by atoms with E-state index in [2.05, 4.69) is 15.2 Å². The molecule has 70 valence electrons. The number of carbonyl (C=O) groups is 1. The van der Waals surface area contributed by atoms with Gasteiger partial charge in [0.2, 0.25) is 0 Å². The first kappa shape index (κ1) is 8.36. The lowest BCUT2D eigenvalue weighted by molar-refractivity contribution is 0.0690. The standard InChI is InChI=1S/C8H6N4O2/c13-8(14)7-2-1-6(5-9-7)12-10-3-4-11-12/h1-5H,(H,13,14). The molecule has 14 heavy (non-hydrogen) atoms. The van der Waals surface area contributed by atoms with Crippen molar-refractivity contribution in [3.8, 4) is 5.69 Å². The Morgan fingerprint density at radius 1 is 1.29 bits per heavy atom. The Bertz CT molecular complexity index is 435. The highest BCUT2D eigenvalue weighted by Gasteiger charge is 2.04. The zero-order chi connectivity index (χ0) is 9.97. The molecule has 2 aromatic heterocycles. The van der Waals surface area contributed by atoms with Crippen LogP contribution >= 0.6 is 0 Å². The smallest absolute Gasteiger partial charge is 0.354 e. The van der Waals surface area contributed by atoms with Gasteiger partial charge in [-0.3, -0.25) is 0 Å². The maximum atomic E-state index is 10.5. The second-order valence-corrected chi connectivity index (χ2v) is 2.53. The highest BCUT2D eigenvalue weighted by Crippen LogP contribution is 2.03. The predicted octanol–water partition coefficient (Wildman–Crippen LogP) is 0.360. The number of pyridine rings is 1. The van der Waals surface area contributed by atoms with Crippen molar-refractivity contribution in [1.29, 1.82) is 0 Å². The van der Waals surface area contributed by atoms with Crippen LogP contribution in [0.1, 0.15) is 10.5 Å². The van der Waals surface area contributed by atoms with Gasteiger partial charge >= 0.3 is 5.97 Å². The molecule has 0 aromatic carbocycles. The van der Waals surface area contributed by atoms with Crippen molar-refractivity contribution in [2.45, 2.75) is 0 Å². The van der Waals surface area contributed by atoms with Crippen molar-refractivity contribution < 1.29 is 9.90 Å². The molecule has 0 radical (unpaired) electrons. The Balaban J connectivity index is 2.36. The van der Waals surface area contributed by atoms with Crippen LogP contribution in [-0.4, -0.2) is 31.1 Å². The molecule has 0 saturated carbocycles. The van der Waals surface area contributed by atoms with Crippen molar-refractivity contribution in [3.63, 3.8) is 0 Å². The monoisotopic (exact) mass is 190 g/mol. The fraction of sp³-hybridized carbons (Fsp3) is 0. The number of hydrogen-bond donors (Lipinski definition) is 1. The molecule has 2 heterocycles. The summed E-state index contributed by atoms with van der Waals surface area (Å²) in [6.45, 7) is 0. The summed E-state index contributed by atoms with van der Waals surface area (Å²) >= 11 is 0. The first-order chi connectivity index (χ1) is 6.77. The van der Waals surface area contributed by atoms with Crippen molar-refractivity contribution in [2.75, 3.05) is 0 Å². The Labute approximate surface area is 78.8 Å². The lowest BCUT2D eigenvalue weighted by Gasteiger charge is -1.98. The number of aromatic carboxylic acids is 1. The first-order valence-corrected chi connectivity index (χ1v) is 3.83. The fourth-order valence-electron chi connectivity index (χ4n) is 0.980. The minimum atomic E-state index is -1.05. The molecule has 2 rings (SSSR count). The average Bonchev–Trinajstić information content (AvgIpc) is 2.71. The molecule has 0 amide bonds. The molecule has 1 N–H and O–H groups in total. The van der Waals surface area contributed by atoms with Gasteiger partial charge in [0.05, 0.1) is 18.6 Å². The Hall–Kier alpha value is -2.24. The van der Waals surface area contributed by atoms with E-state index >= 15 is 0 Å². The number of hydrogen-bond acceptors (Lipinski definition) is 4. The lowest BCUT2D eigenvalue weighted by Crippen LogP contribution is -2.03. The van der Waals surface area contributed by atoms with Gasteiger partial charge in [0.1, 0.15) is 11.4 Å². The molecule has 6 heteroatoms. The van der Waals surface area contributed by atoms with Crippen LogP contribution in [-0.2, 0) is 0 Å². The Morgan fingerprint density at radius 2 is 2.00 bits per heavy atom. The summed E-state index contributed by atoms with van der Waals surface area (Å²) in [7, 11) is 0. The van der Waals surface area contributed by atoms with Crippen LogP contribution in [0, 0.1) is 0 Å². The second kappa shape index (κ2) is 3.25. The summed E-state index contributed by atoms with van der Waals surface area (Å²) in [5, 5.41) is 16.4. The van der Waals surface area contributed by atoms with E-state index in [9.17, 15) is 4.79 Å². The van der Waals surface area contributed by atoms with E-state index in [0.717, 1.165) is 0 Å². The third-order valence-corrected chi connectivity index (χ3v) is 1.62. The molecule has 0 bridgehead atoms. The topological polar surface area (TPSA) is 80.9 Å². The van der Waals surface area contributed by atoms with Gasteiger partial charge in [-0.25, -0.2) is 9.78 Å². The van der Waals surface area contributed by atoms with Crippen LogP contribution in [0.5, 0.6) is 0 Å². The normalized spacial score (nSPS) is 10.0. The van der Waals surface area contributed by atoms with E-state index in [1.54, 1.807) is 6.07 Å². The SMILES string of the molecule is O=C(O)c1ccc(-n2nccn2)cn1. The summed E-state index contributed by atoms with van der Waals surface area (Å²) in [6, 6.07) is 3.00. The van der Waals surface area contributed by atoms with Crippen LogP contribution in [0.4, 0.5) is 0 Å². The van der Waals surface area contributed by atoms with Gasteiger partial charge in [-0.05, 0) is 12.1 Å². The zero-order valence-electron chi connectivity index (χ0n) is 7.03. The molecule has 0 aliphatic carbocycles. The van der Waals surface area contributed by atoms with Crippen LogP contribution in [0.2, 0.25) is 0 Å². The third kappa shape index (κ3) is 1.45. The molecule has 0 aliphatic rings. The molecule has 0 atom stereocenters. The minimum Gasteiger partial charge on any atom is -0.477 e. The number of carboxylic acids is 1. The van der Waals surface area contributed by atoms with Gasteiger partial charge in [-0.2, -0.15) is 15.0 Å². The molecule has 0 fully saturated rings. The van der Waals surface area contributed by atoms with Gasteiger partial charge < -0.3 is 5.11 Å². The number of aromatic nitrogens is 4. The van der Waals surface area contributed by atoms with E-state index in [4.69, 9.17) is 5.11 Å². The molecular formula is C8H6N4O2. The number of carboxylic acid groups (broad SMARTS) is 1. The summed E-state index contributed by atoms with van der Waals surface area (Å²) in [5.41, 5.74) is 0.626. The molecule has 6 nitrogen and oxygen atoms in total. The van der Waals surface area contributed by atoms with E-state index in [-0.39, 0.29) is 5.69 Å². The minimum absolute atomic E-state index is 0.000839. The molecule has 0 aliphatic heterocycles.